The third-order valence-electron chi connectivity index (χ3n) is 1.48. The van der Waals surface area contributed by atoms with E-state index in [9.17, 15) is 14.7 Å². The highest BCUT2D eigenvalue weighted by Gasteiger charge is 2.20. The molecule has 0 radical (unpaired) electrons. The molecule has 0 aromatic carbocycles. The van der Waals surface area contributed by atoms with Gasteiger partial charge in [0.25, 0.3) is 0 Å². The fourth-order valence-corrected chi connectivity index (χ4v) is 1.17. The number of nitrogens with zero attached hydrogens (tertiary/aromatic N) is 2. The lowest BCUT2D eigenvalue weighted by molar-refractivity contribution is -0.873. The van der Waals surface area contributed by atoms with Crippen molar-refractivity contribution in [1.29, 1.82) is 0 Å². The van der Waals surface area contributed by atoms with E-state index in [0.29, 0.717) is 11.0 Å². The summed E-state index contributed by atoms with van der Waals surface area (Å²) in [6, 6.07) is 0. The van der Waals surface area contributed by atoms with Gasteiger partial charge in [0.2, 0.25) is 0 Å². The van der Waals surface area contributed by atoms with Gasteiger partial charge in [-0.15, -0.1) is 4.91 Å². The number of quaternary nitrogens is 1. The van der Waals surface area contributed by atoms with E-state index in [1.54, 1.807) is 0 Å². The van der Waals surface area contributed by atoms with E-state index in [2.05, 4.69) is 0 Å². The van der Waals surface area contributed by atoms with Gasteiger partial charge in [0.05, 0.1) is 21.1 Å². The molecule has 0 rings (SSSR count). The zero-order chi connectivity index (χ0) is 14.1. The maximum atomic E-state index is 10.7. The van der Waals surface area contributed by atoms with Crippen LogP contribution in [0.4, 0.5) is 0 Å². The quantitative estimate of drug-likeness (QED) is 0.287. The van der Waals surface area contributed by atoms with Crippen LogP contribution in [-0.2, 0) is 14.3 Å². The Morgan fingerprint density at radius 1 is 1.41 bits per heavy atom. The molecule has 0 aliphatic heterocycles. The number of hydrogen-bond donors (Lipinski definition) is 1. The van der Waals surface area contributed by atoms with Crippen LogP contribution in [0.15, 0.2) is 5.34 Å². The summed E-state index contributed by atoms with van der Waals surface area (Å²) in [6.07, 6.45) is -0.868. The number of rotatable bonds is 5. The number of hydrogen-bond acceptors (Lipinski definition) is 6. The van der Waals surface area contributed by atoms with Gasteiger partial charge in [-0.3, -0.25) is 4.79 Å². The van der Waals surface area contributed by atoms with E-state index in [0.717, 1.165) is 0 Å². The fraction of sp³-hybridized carbons (Fsp3) is 0.778. The van der Waals surface area contributed by atoms with Crippen molar-refractivity contribution < 1.29 is 29.1 Å². The van der Waals surface area contributed by atoms with Gasteiger partial charge in [-0.2, -0.15) is 0 Å². The average Bonchev–Trinajstić information content (AvgIpc) is 1.97. The van der Waals surface area contributed by atoms with Crippen LogP contribution in [0, 0.1) is 4.91 Å². The van der Waals surface area contributed by atoms with Crippen LogP contribution in [0.25, 0.3) is 0 Å². The van der Waals surface area contributed by atoms with Crippen molar-refractivity contribution in [2.45, 2.75) is 19.4 Å². The standard InChI is InChI=1S/C9H17NO4.HNO2/c1-7(11)14-8(5-9(12)13)6-10(2,3)4;2-1-3/h8H,5-6H2,1-4H3;(H,2,3)/t8-;/m1./s1. The van der Waals surface area contributed by atoms with E-state index in [4.69, 9.17) is 14.9 Å². The van der Waals surface area contributed by atoms with Crippen LogP contribution < -0.4 is 5.11 Å². The number of ether oxygens (including phenoxy) is 1. The smallest absolute Gasteiger partial charge is 0.303 e. The van der Waals surface area contributed by atoms with Gasteiger partial charge in [0.15, 0.2) is 11.4 Å². The first-order chi connectivity index (χ1) is 7.62. The third kappa shape index (κ3) is 16.9. The van der Waals surface area contributed by atoms with Gasteiger partial charge in [0.1, 0.15) is 6.54 Å². The van der Waals surface area contributed by atoms with Crippen LogP contribution in [0.3, 0.4) is 0 Å². The first kappa shape index (κ1) is 17.7. The molecule has 0 aliphatic carbocycles. The molecule has 1 atom stereocenters. The minimum Gasteiger partial charge on any atom is -0.550 e. The molecule has 0 aromatic rings. The number of carboxylic acids is 1. The zero-order valence-corrected chi connectivity index (χ0v) is 10.4. The van der Waals surface area contributed by atoms with E-state index >= 15 is 0 Å². The lowest BCUT2D eigenvalue weighted by atomic mass is 10.2. The number of aliphatic carboxylic acids is 1. The maximum Gasteiger partial charge on any atom is 0.303 e. The Bertz CT molecular complexity index is 245. The highest BCUT2D eigenvalue weighted by atomic mass is 16.6. The van der Waals surface area contributed by atoms with Crippen molar-refractivity contribution in [2.24, 2.45) is 5.34 Å². The molecule has 0 aliphatic rings. The van der Waals surface area contributed by atoms with E-state index in [-0.39, 0.29) is 6.42 Å². The van der Waals surface area contributed by atoms with Gasteiger partial charge < -0.3 is 24.3 Å². The number of likely N-dealkylation sites (N-methyl/N-ethyl adjacent to an activating group) is 1. The Kier molecular flexibility index (Phi) is 8.79. The Morgan fingerprint density at radius 2 is 1.82 bits per heavy atom. The second-order valence-electron chi connectivity index (χ2n) is 4.36. The van der Waals surface area contributed by atoms with Gasteiger partial charge in [0, 0.05) is 19.3 Å². The fourth-order valence-electron chi connectivity index (χ4n) is 1.17. The average molecular weight is 250 g/mol. The first-order valence-corrected chi connectivity index (χ1v) is 4.76. The normalized spacial score (nSPS) is 11.8. The van der Waals surface area contributed by atoms with Crippen LogP contribution >= 0.6 is 0 Å². The largest absolute Gasteiger partial charge is 0.550 e. The molecule has 0 aromatic heterocycles. The Morgan fingerprint density at radius 3 is 2.06 bits per heavy atom. The summed E-state index contributed by atoms with van der Waals surface area (Å²) in [5.41, 5.74) is 0. The van der Waals surface area contributed by atoms with Crippen LogP contribution in [0.5, 0.6) is 0 Å². The molecule has 0 heterocycles. The van der Waals surface area contributed by atoms with Crippen LogP contribution in [0.2, 0.25) is 0 Å². The van der Waals surface area contributed by atoms with Crippen molar-refractivity contribution in [3.63, 3.8) is 0 Å². The van der Waals surface area contributed by atoms with E-state index < -0.39 is 18.0 Å². The predicted molar refractivity (Wildman–Crippen MR) is 55.7 cm³/mol. The lowest BCUT2D eigenvalue weighted by Crippen LogP contribution is -2.45. The maximum absolute atomic E-state index is 10.7. The van der Waals surface area contributed by atoms with E-state index in [1.165, 1.54) is 12.3 Å². The SMILES string of the molecule is CC(=O)O[C@H](CC(=O)[O-])C[N+](C)(C)C.O=NO. The van der Waals surface area contributed by atoms with E-state index in [1.807, 2.05) is 21.1 Å². The molecule has 0 bridgehead atoms. The summed E-state index contributed by atoms with van der Waals surface area (Å²) >= 11 is 0. The summed E-state index contributed by atoms with van der Waals surface area (Å²) in [5, 5.41) is 18.3. The Balaban J connectivity index is 0. The zero-order valence-electron chi connectivity index (χ0n) is 10.4. The summed E-state index contributed by atoms with van der Waals surface area (Å²) < 4.78 is 5.39. The molecule has 0 saturated heterocycles. The molecular weight excluding hydrogens is 232 g/mol. The molecule has 17 heavy (non-hydrogen) atoms. The molecule has 0 spiro atoms. The second-order valence-corrected chi connectivity index (χ2v) is 4.36. The van der Waals surface area contributed by atoms with Crippen molar-refractivity contribution in [2.75, 3.05) is 27.7 Å². The van der Waals surface area contributed by atoms with Crippen molar-refractivity contribution in [3.8, 4) is 0 Å². The van der Waals surface area contributed by atoms with Gasteiger partial charge in [-0.1, -0.05) is 0 Å². The highest BCUT2D eigenvalue weighted by Crippen LogP contribution is 2.04. The summed E-state index contributed by atoms with van der Waals surface area (Å²) in [4.78, 5) is 29.2. The van der Waals surface area contributed by atoms with Crippen LogP contribution in [0.1, 0.15) is 13.3 Å². The summed E-state index contributed by atoms with van der Waals surface area (Å²) in [6.45, 7) is 1.71. The van der Waals surface area contributed by atoms with Gasteiger partial charge >= 0.3 is 5.97 Å². The molecule has 0 saturated carbocycles. The van der Waals surface area contributed by atoms with Crippen molar-refractivity contribution in [1.82, 2.24) is 0 Å². The molecule has 8 heteroatoms. The monoisotopic (exact) mass is 250 g/mol. The van der Waals surface area contributed by atoms with Crippen molar-refractivity contribution >= 4 is 11.9 Å². The molecule has 1 N–H and O–H groups in total. The molecule has 100 valence electrons. The second kappa shape index (κ2) is 8.45. The summed E-state index contributed by atoms with van der Waals surface area (Å²) in [7, 11) is 5.68. The van der Waals surface area contributed by atoms with Crippen LogP contribution in [-0.4, -0.2) is 55.4 Å². The number of esters is 1. The minimum atomic E-state index is -1.20. The lowest BCUT2D eigenvalue weighted by Gasteiger charge is -2.28. The molecular formula is C9H18N2O6. The third-order valence-corrected chi connectivity index (χ3v) is 1.48. The molecule has 0 fully saturated rings. The molecule has 0 amide bonds. The summed E-state index contributed by atoms with van der Waals surface area (Å²) in [5.74, 6) is -1.67. The number of carboxylic acid groups (broad SMARTS) is 1. The first-order valence-electron chi connectivity index (χ1n) is 4.76. The predicted octanol–water partition coefficient (Wildman–Crippen LogP) is -1.09. The number of carbonyl (C=O) groups excluding carboxylic acids is 2. The Labute approximate surface area is 99.3 Å². The van der Waals surface area contributed by atoms with Gasteiger partial charge in [-0.05, 0) is 0 Å². The van der Waals surface area contributed by atoms with Gasteiger partial charge in [-0.25, -0.2) is 0 Å². The Hall–Kier alpha value is -1.70. The molecule has 8 nitrogen and oxygen atoms in total. The van der Waals surface area contributed by atoms with Crippen molar-refractivity contribution in [3.05, 3.63) is 4.91 Å². The molecule has 0 unspecified atom stereocenters. The topological polar surface area (TPSA) is 116 Å². The highest BCUT2D eigenvalue weighted by molar-refractivity contribution is 5.68. The number of carbonyl (C=O) groups is 2. The minimum absolute atomic E-state index is 0.255.